The molecule has 1 aromatic rings. The van der Waals surface area contributed by atoms with Gasteiger partial charge in [-0.3, -0.25) is 0 Å². The number of pyridine rings is 1. The molecule has 0 bridgehead atoms. The zero-order valence-electron chi connectivity index (χ0n) is 6.83. The molecule has 0 radical (unpaired) electrons. The van der Waals surface area contributed by atoms with Gasteiger partial charge in [-0.1, -0.05) is 11.6 Å². The second-order valence-electron chi connectivity index (χ2n) is 2.47. The predicted octanol–water partition coefficient (Wildman–Crippen LogP) is 1.38. The summed E-state index contributed by atoms with van der Waals surface area (Å²) in [5.41, 5.74) is 6.70. The molecule has 1 aromatic heterocycles. The van der Waals surface area contributed by atoms with Crippen LogP contribution in [0.1, 0.15) is 11.6 Å². The van der Waals surface area contributed by atoms with E-state index in [9.17, 15) is 0 Å². The smallest absolute Gasteiger partial charge is 0.129 e. The summed E-state index contributed by atoms with van der Waals surface area (Å²) < 4.78 is 4.91. The monoisotopic (exact) mass is 186 g/mol. The second-order valence-corrected chi connectivity index (χ2v) is 2.86. The van der Waals surface area contributed by atoms with Crippen LogP contribution in [0.4, 0.5) is 0 Å². The molecule has 0 unspecified atom stereocenters. The molecule has 0 saturated carbocycles. The second kappa shape index (κ2) is 4.40. The van der Waals surface area contributed by atoms with E-state index >= 15 is 0 Å². The van der Waals surface area contributed by atoms with Gasteiger partial charge < -0.3 is 10.5 Å². The van der Waals surface area contributed by atoms with Gasteiger partial charge in [0.05, 0.1) is 12.6 Å². The minimum absolute atomic E-state index is 0.129. The van der Waals surface area contributed by atoms with Gasteiger partial charge in [-0.2, -0.15) is 0 Å². The first-order chi connectivity index (χ1) is 5.74. The number of ether oxygens (including phenoxy) is 1. The van der Waals surface area contributed by atoms with E-state index in [1.165, 1.54) is 0 Å². The van der Waals surface area contributed by atoms with E-state index in [0.717, 1.165) is 5.56 Å². The normalized spacial score (nSPS) is 12.9. The molecule has 66 valence electrons. The lowest BCUT2D eigenvalue weighted by atomic mass is 10.1. The van der Waals surface area contributed by atoms with Crippen LogP contribution in [-0.4, -0.2) is 18.7 Å². The minimum atomic E-state index is -0.129. The molecule has 0 aliphatic heterocycles. The van der Waals surface area contributed by atoms with Crippen LogP contribution >= 0.6 is 11.6 Å². The van der Waals surface area contributed by atoms with Crippen molar-refractivity contribution < 1.29 is 4.74 Å². The molecule has 1 rings (SSSR count). The van der Waals surface area contributed by atoms with Crippen LogP contribution in [0.25, 0.3) is 0 Å². The van der Waals surface area contributed by atoms with Crippen molar-refractivity contribution in [1.29, 1.82) is 0 Å². The Bertz CT molecular complexity index is 255. The molecule has 1 heterocycles. The first-order valence-corrected chi connectivity index (χ1v) is 3.98. The Morgan fingerprint density at radius 3 is 3.08 bits per heavy atom. The molecular formula is C8H11ClN2O. The van der Waals surface area contributed by atoms with Gasteiger partial charge in [-0.05, 0) is 17.7 Å². The molecule has 2 N–H and O–H groups in total. The number of aromatic nitrogens is 1. The molecule has 12 heavy (non-hydrogen) atoms. The molecule has 0 aliphatic rings. The van der Waals surface area contributed by atoms with Crippen molar-refractivity contribution in [3.8, 4) is 0 Å². The molecule has 0 spiro atoms. The van der Waals surface area contributed by atoms with Crippen molar-refractivity contribution >= 4 is 11.6 Å². The van der Waals surface area contributed by atoms with E-state index < -0.39 is 0 Å². The molecule has 0 aliphatic carbocycles. The minimum Gasteiger partial charge on any atom is -0.383 e. The molecule has 0 amide bonds. The van der Waals surface area contributed by atoms with Crippen molar-refractivity contribution in [2.45, 2.75) is 6.04 Å². The zero-order chi connectivity index (χ0) is 8.97. The summed E-state index contributed by atoms with van der Waals surface area (Å²) in [5, 5.41) is 0.457. The van der Waals surface area contributed by atoms with Gasteiger partial charge in [0.1, 0.15) is 5.15 Å². The van der Waals surface area contributed by atoms with Crippen LogP contribution in [0.3, 0.4) is 0 Å². The number of methoxy groups -OCH3 is 1. The van der Waals surface area contributed by atoms with E-state index in [2.05, 4.69) is 4.98 Å². The number of halogens is 1. The van der Waals surface area contributed by atoms with Gasteiger partial charge in [0, 0.05) is 13.3 Å². The summed E-state index contributed by atoms with van der Waals surface area (Å²) in [4.78, 5) is 3.85. The third kappa shape index (κ3) is 2.44. The Kier molecular flexibility index (Phi) is 3.47. The molecule has 0 aromatic carbocycles. The largest absolute Gasteiger partial charge is 0.383 e. The first-order valence-electron chi connectivity index (χ1n) is 3.60. The lowest BCUT2D eigenvalue weighted by molar-refractivity contribution is 0.181. The molecule has 0 fully saturated rings. The van der Waals surface area contributed by atoms with Crippen LogP contribution in [0.2, 0.25) is 5.15 Å². The fourth-order valence-electron chi connectivity index (χ4n) is 0.924. The third-order valence-electron chi connectivity index (χ3n) is 1.53. The van der Waals surface area contributed by atoms with E-state index in [1.807, 2.05) is 6.07 Å². The van der Waals surface area contributed by atoms with Gasteiger partial charge in [0.2, 0.25) is 0 Å². The van der Waals surface area contributed by atoms with Crippen molar-refractivity contribution in [3.63, 3.8) is 0 Å². The van der Waals surface area contributed by atoms with E-state index in [-0.39, 0.29) is 6.04 Å². The molecule has 3 nitrogen and oxygen atoms in total. The Hall–Kier alpha value is -0.640. The number of hydrogen-bond acceptors (Lipinski definition) is 3. The summed E-state index contributed by atoms with van der Waals surface area (Å²) in [7, 11) is 1.61. The third-order valence-corrected chi connectivity index (χ3v) is 1.73. The Morgan fingerprint density at radius 2 is 2.50 bits per heavy atom. The Morgan fingerprint density at radius 1 is 1.75 bits per heavy atom. The van der Waals surface area contributed by atoms with Crippen LogP contribution in [-0.2, 0) is 4.74 Å². The highest BCUT2D eigenvalue weighted by Crippen LogP contribution is 2.13. The molecule has 4 heteroatoms. The highest BCUT2D eigenvalue weighted by atomic mass is 35.5. The van der Waals surface area contributed by atoms with Crippen LogP contribution in [0.5, 0.6) is 0 Å². The molecule has 0 saturated heterocycles. The van der Waals surface area contributed by atoms with E-state index in [4.69, 9.17) is 22.1 Å². The maximum Gasteiger partial charge on any atom is 0.129 e. The quantitative estimate of drug-likeness (QED) is 0.726. The topological polar surface area (TPSA) is 48.1 Å². The van der Waals surface area contributed by atoms with Crippen LogP contribution < -0.4 is 5.73 Å². The average Bonchev–Trinajstić information content (AvgIpc) is 2.05. The van der Waals surface area contributed by atoms with Gasteiger partial charge in [0.15, 0.2) is 0 Å². The lowest BCUT2D eigenvalue weighted by Gasteiger charge is -2.09. The number of nitrogens with two attached hydrogens (primary N) is 1. The maximum atomic E-state index is 5.76. The van der Waals surface area contributed by atoms with Crippen molar-refractivity contribution in [1.82, 2.24) is 4.98 Å². The van der Waals surface area contributed by atoms with Crippen molar-refractivity contribution in [3.05, 3.63) is 29.0 Å². The summed E-state index contributed by atoms with van der Waals surface area (Å²) in [6.07, 6.45) is 1.63. The maximum absolute atomic E-state index is 5.76. The Balaban J connectivity index is 2.73. The predicted molar refractivity (Wildman–Crippen MR) is 48.1 cm³/mol. The lowest BCUT2D eigenvalue weighted by Crippen LogP contribution is -2.15. The average molecular weight is 187 g/mol. The van der Waals surface area contributed by atoms with E-state index in [0.29, 0.717) is 11.8 Å². The summed E-state index contributed by atoms with van der Waals surface area (Å²) in [6.45, 7) is 0.486. The standard InChI is InChI=1S/C8H11ClN2O/c1-12-5-7(10)6-2-3-11-8(9)4-6/h2-4,7H,5,10H2,1H3/t7-/m1/s1. The van der Waals surface area contributed by atoms with Gasteiger partial charge in [-0.25, -0.2) is 4.98 Å². The summed E-state index contributed by atoms with van der Waals surface area (Å²) in [6, 6.07) is 3.44. The number of rotatable bonds is 3. The van der Waals surface area contributed by atoms with Crippen LogP contribution in [0, 0.1) is 0 Å². The first kappa shape index (κ1) is 9.45. The number of hydrogen-bond donors (Lipinski definition) is 1. The highest BCUT2D eigenvalue weighted by Gasteiger charge is 2.05. The zero-order valence-corrected chi connectivity index (χ0v) is 7.58. The van der Waals surface area contributed by atoms with Crippen molar-refractivity contribution in [2.75, 3.05) is 13.7 Å². The van der Waals surface area contributed by atoms with Crippen LogP contribution in [0.15, 0.2) is 18.3 Å². The highest BCUT2D eigenvalue weighted by molar-refractivity contribution is 6.29. The summed E-state index contributed by atoms with van der Waals surface area (Å²) >= 11 is 5.68. The molecule has 1 atom stereocenters. The summed E-state index contributed by atoms with van der Waals surface area (Å²) in [5.74, 6) is 0. The Labute approximate surface area is 76.5 Å². The SMILES string of the molecule is COC[C@@H](N)c1ccnc(Cl)c1. The van der Waals surface area contributed by atoms with Crippen molar-refractivity contribution in [2.24, 2.45) is 5.73 Å². The van der Waals surface area contributed by atoms with Gasteiger partial charge in [0.25, 0.3) is 0 Å². The fourth-order valence-corrected chi connectivity index (χ4v) is 1.11. The number of nitrogens with zero attached hydrogens (tertiary/aromatic N) is 1. The van der Waals surface area contributed by atoms with E-state index in [1.54, 1.807) is 19.4 Å². The van der Waals surface area contributed by atoms with Gasteiger partial charge >= 0.3 is 0 Å². The molecular weight excluding hydrogens is 176 g/mol. The fraction of sp³-hybridized carbons (Fsp3) is 0.375. The van der Waals surface area contributed by atoms with Gasteiger partial charge in [-0.15, -0.1) is 0 Å².